The topological polar surface area (TPSA) is 49.3 Å². The van der Waals surface area contributed by atoms with E-state index >= 15 is 0 Å². The highest BCUT2D eigenvalue weighted by atomic mass is 32.2. The molecule has 0 aliphatic rings. The molecule has 0 amide bonds. The van der Waals surface area contributed by atoms with Crippen LogP contribution in [0.1, 0.15) is 50.7 Å². The molecule has 0 aromatic heterocycles. The van der Waals surface area contributed by atoms with E-state index in [1.807, 2.05) is 18.2 Å². The maximum Gasteiger partial charge on any atom is 0.259 e. The Kier molecular flexibility index (Phi) is 4.50. The van der Waals surface area contributed by atoms with Gasteiger partial charge in [-0.15, -0.1) is 0 Å². The van der Waals surface area contributed by atoms with E-state index in [0.717, 1.165) is 16.8 Å². The molecule has 0 aliphatic heterocycles. The van der Waals surface area contributed by atoms with Crippen LogP contribution in [0.2, 0.25) is 0 Å². The van der Waals surface area contributed by atoms with Gasteiger partial charge in [0.05, 0.1) is 5.69 Å². The number of rotatable bonds is 4. The van der Waals surface area contributed by atoms with E-state index in [1.54, 1.807) is 0 Å². The number of hydrogen-bond acceptors (Lipinski definition) is 1. The molecule has 0 saturated carbocycles. The van der Waals surface area contributed by atoms with Gasteiger partial charge in [0.1, 0.15) is 0 Å². The highest BCUT2D eigenvalue weighted by Gasteiger charge is 2.14. The number of nitrogens with one attached hydrogen (secondary N) is 1. The lowest BCUT2D eigenvalue weighted by Gasteiger charge is -2.18. The molecule has 3 nitrogen and oxygen atoms in total. The Bertz CT molecular complexity index is 362. The lowest BCUT2D eigenvalue weighted by atomic mass is 9.93. The molecule has 4 heteroatoms. The summed E-state index contributed by atoms with van der Waals surface area (Å²) in [5, 5.41) is 0. The number of benzene rings is 1. The minimum absolute atomic E-state index is 0.324. The molecule has 1 atom stereocenters. The fourth-order valence-corrected chi connectivity index (χ4v) is 2.17. The maximum absolute atomic E-state index is 10.9. The Morgan fingerprint density at radius 2 is 1.56 bits per heavy atom. The summed E-state index contributed by atoms with van der Waals surface area (Å²) in [6.07, 6.45) is 0. The van der Waals surface area contributed by atoms with Crippen LogP contribution < -0.4 is 4.72 Å². The van der Waals surface area contributed by atoms with Gasteiger partial charge in [-0.3, -0.25) is 9.27 Å². The average Bonchev–Trinajstić information content (AvgIpc) is 2.16. The van der Waals surface area contributed by atoms with Gasteiger partial charge in [-0.05, 0) is 23.0 Å². The molecule has 0 heterocycles. The molecule has 90 valence electrons. The second-order valence-corrected chi connectivity index (χ2v) is 5.17. The number of hydrogen-bond donors (Lipinski definition) is 2. The third kappa shape index (κ3) is 3.06. The summed E-state index contributed by atoms with van der Waals surface area (Å²) >= 11 is -2.02. The molecule has 1 aromatic carbocycles. The molecule has 0 radical (unpaired) electrons. The third-order valence-electron chi connectivity index (χ3n) is 2.56. The van der Waals surface area contributed by atoms with Crippen molar-refractivity contribution in [3.05, 3.63) is 29.3 Å². The van der Waals surface area contributed by atoms with Crippen molar-refractivity contribution in [3.8, 4) is 0 Å². The van der Waals surface area contributed by atoms with Crippen molar-refractivity contribution in [2.24, 2.45) is 0 Å². The summed E-state index contributed by atoms with van der Waals surface area (Å²) in [5.74, 6) is 0.648. The van der Waals surface area contributed by atoms with Gasteiger partial charge in [-0.2, -0.15) is 0 Å². The smallest absolute Gasteiger partial charge is 0.259 e. The quantitative estimate of drug-likeness (QED) is 0.793. The molecule has 2 N–H and O–H groups in total. The van der Waals surface area contributed by atoms with Crippen molar-refractivity contribution in [3.63, 3.8) is 0 Å². The normalized spacial score (nSPS) is 13.2. The lowest BCUT2D eigenvalue weighted by molar-refractivity contribution is 0.570. The Balaban J connectivity index is 3.28. The Hall–Kier alpha value is -0.870. The highest BCUT2D eigenvalue weighted by Crippen LogP contribution is 2.32. The van der Waals surface area contributed by atoms with E-state index in [9.17, 15) is 4.21 Å². The summed E-state index contributed by atoms with van der Waals surface area (Å²) < 4.78 is 22.5. The van der Waals surface area contributed by atoms with Crippen LogP contribution in [0.3, 0.4) is 0 Å². The van der Waals surface area contributed by atoms with Gasteiger partial charge < -0.3 is 0 Å². The van der Waals surface area contributed by atoms with Crippen LogP contribution in [0.5, 0.6) is 0 Å². The van der Waals surface area contributed by atoms with E-state index in [0.29, 0.717) is 11.8 Å². The zero-order valence-electron chi connectivity index (χ0n) is 10.2. The van der Waals surface area contributed by atoms with Gasteiger partial charge in [-0.25, -0.2) is 4.21 Å². The van der Waals surface area contributed by atoms with E-state index in [1.165, 1.54) is 0 Å². The zero-order valence-corrected chi connectivity index (χ0v) is 11.0. The average molecular weight is 241 g/mol. The third-order valence-corrected chi connectivity index (χ3v) is 2.94. The predicted molar refractivity (Wildman–Crippen MR) is 69.0 cm³/mol. The second-order valence-electron chi connectivity index (χ2n) is 4.47. The van der Waals surface area contributed by atoms with Gasteiger partial charge in [0.2, 0.25) is 0 Å². The molecular weight excluding hydrogens is 222 g/mol. The molecule has 16 heavy (non-hydrogen) atoms. The zero-order chi connectivity index (χ0) is 12.3. The molecule has 0 saturated heterocycles. The largest absolute Gasteiger partial charge is 0.289 e. The van der Waals surface area contributed by atoms with Gasteiger partial charge in [0.15, 0.2) is 0 Å². The molecule has 1 aromatic rings. The second kappa shape index (κ2) is 5.46. The first-order chi connectivity index (χ1) is 7.43. The SMILES string of the molecule is CC(C)c1cccc(C(C)C)c1NS(=O)O. The number of anilines is 1. The summed E-state index contributed by atoms with van der Waals surface area (Å²) in [4.78, 5) is 0. The first-order valence-electron chi connectivity index (χ1n) is 5.43. The predicted octanol–water partition coefficient (Wildman–Crippen LogP) is 3.48. The Morgan fingerprint density at radius 3 is 1.88 bits per heavy atom. The van der Waals surface area contributed by atoms with E-state index in [-0.39, 0.29) is 0 Å². The van der Waals surface area contributed by atoms with Crippen molar-refractivity contribution in [1.29, 1.82) is 0 Å². The van der Waals surface area contributed by atoms with Crippen LogP contribution in [-0.4, -0.2) is 8.76 Å². The van der Waals surface area contributed by atoms with Gasteiger partial charge >= 0.3 is 0 Å². The van der Waals surface area contributed by atoms with Crippen LogP contribution in [0, 0.1) is 0 Å². The molecule has 1 rings (SSSR count). The Morgan fingerprint density at radius 1 is 1.12 bits per heavy atom. The monoisotopic (exact) mass is 241 g/mol. The van der Waals surface area contributed by atoms with Crippen LogP contribution in [0.4, 0.5) is 5.69 Å². The lowest BCUT2D eigenvalue weighted by Crippen LogP contribution is -2.09. The Labute approximate surface area is 99.7 Å². The molecular formula is C12H19NO2S. The van der Waals surface area contributed by atoms with Crippen LogP contribution in [0.15, 0.2) is 18.2 Å². The molecule has 1 unspecified atom stereocenters. The first-order valence-corrected chi connectivity index (χ1v) is 6.54. The summed E-state index contributed by atoms with van der Waals surface area (Å²) in [5.41, 5.74) is 2.95. The van der Waals surface area contributed by atoms with Crippen molar-refractivity contribution in [2.75, 3.05) is 4.72 Å². The van der Waals surface area contributed by atoms with Gasteiger partial charge in [-0.1, -0.05) is 45.9 Å². The molecule has 0 spiro atoms. The molecule has 0 fully saturated rings. The van der Waals surface area contributed by atoms with Crippen molar-refractivity contribution in [1.82, 2.24) is 0 Å². The van der Waals surface area contributed by atoms with Gasteiger partial charge in [0, 0.05) is 0 Å². The minimum Gasteiger partial charge on any atom is -0.289 e. The van der Waals surface area contributed by atoms with Crippen molar-refractivity contribution in [2.45, 2.75) is 39.5 Å². The molecule has 0 bridgehead atoms. The van der Waals surface area contributed by atoms with Crippen LogP contribution in [-0.2, 0) is 11.3 Å². The summed E-state index contributed by atoms with van der Waals surface area (Å²) in [6, 6.07) is 5.98. The fraction of sp³-hybridized carbons (Fsp3) is 0.500. The van der Waals surface area contributed by atoms with E-state index in [2.05, 4.69) is 32.4 Å². The van der Waals surface area contributed by atoms with Crippen LogP contribution in [0.25, 0.3) is 0 Å². The standard InChI is InChI=1S/C12H19NO2S/c1-8(2)10-6-5-7-11(9(3)4)12(10)13-16(14)15/h5-9,13H,1-4H3,(H,14,15). The first kappa shape index (κ1) is 13.2. The highest BCUT2D eigenvalue weighted by molar-refractivity contribution is 7.80. The van der Waals surface area contributed by atoms with Crippen LogP contribution >= 0.6 is 0 Å². The summed E-state index contributed by atoms with van der Waals surface area (Å²) in [6.45, 7) is 8.30. The van der Waals surface area contributed by atoms with E-state index < -0.39 is 11.3 Å². The fourth-order valence-electron chi connectivity index (χ4n) is 1.76. The molecule has 0 aliphatic carbocycles. The minimum atomic E-state index is -2.02. The number of para-hydroxylation sites is 1. The van der Waals surface area contributed by atoms with E-state index in [4.69, 9.17) is 4.55 Å². The van der Waals surface area contributed by atoms with Crippen molar-refractivity contribution >= 4 is 17.0 Å². The summed E-state index contributed by atoms with van der Waals surface area (Å²) in [7, 11) is 0. The maximum atomic E-state index is 10.9. The van der Waals surface area contributed by atoms with Gasteiger partial charge in [0.25, 0.3) is 11.3 Å². The van der Waals surface area contributed by atoms with Crippen molar-refractivity contribution < 1.29 is 8.76 Å².